The Morgan fingerprint density at radius 2 is 2.37 bits per heavy atom. The Kier molecular flexibility index (Phi) is 2.29. The van der Waals surface area contributed by atoms with Gasteiger partial charge in [0, 0.05) is 43.4 Å². The van der Waals surface area contributed by atoms with E-state index in [-0.39, 0.29) is 11.8 Å². The van der Waals surface area contributed by atoms with Gasteiger partial charge in [-0.1, -0.05) is 6.92 Å². The zero-order chi connectivity index (χ0) is 13.0. The van der Waals surface area contributed by atoms with Crippen LogP contribution in [0.15, 0.2) is 6.20 Å². The maximum absolute atomic E-state index is 11.6. The molecule has 2 unspecified atom stereocenters. The highest BCUT2D eigenvalue weighted by atomic mass is 16.1. The molecule has 0 bridgehead atoms. The number of nitrogens with zero attached hydrogens (tertiary/aromatic N) is 3. The lowest BCUT2D eigenvalue weighted by atomic mass is 9.96. The minimum absolute atomic E-state index is 0.0502. The largest absolute Gasteiger partial charge is 0.335 e. The number of amides is 1. The third kappa shape index (κ3) is 1.78. The van der Waals surface area contributed by atoms with Crippen LogP contribution in [0.3, 0.4) is 0 Å². The number of carbonyl (C=O) groups is 1. The van der Waals surface area contributed by atoms with Crippen LogP contribution in [0.25, 0.3) is 0 Å². The smallest absolute Gasteiger partial charge is 0.227 e. The Morgan fingerprint density at radius 3 is 3.26 bits per heavy atom. The molecule has 1 aliphatic carbocycles. The molecule has 0 spiro atoms. The highest BCUT2D eigenvalue weighted by molar-refractivity contribution is 5.93. The van der Waals surface area contributed by atoms with Crippen molar-refractivity contribution in [1.29, 1.82) is 0 Å². The average molecular weight is 259 g/mol. The van der Waals surface area contributed by atoms with Crippen molar-refractivity contribution in [3.63, 3.8) is 0 Å². The minimum Gasteiger partial charge on any atom is -0.335 e. The summed E-state index contributed by atoms with van der Waals surface area (Å²) >= 11 is 0. The third-order valence-electron chi connectivity index (χ3n) is 4.26. The van der Waals surface area contributed by atoms with Crippen molar-refractivity contribution in [2.45, 2.75) is 37.8 Å². The van der Waals surface area contributed by atoms with Gasteiger partial charge in [0.2, 0.25) is 11.9 Å². The molecule has 1 aromatic heterocycles. The topological polar surface area (TPSA) is 70.2 Å². The number of aromatic nitrogens is 2. The molecule has 19 heavy (non-hydrogen) atoms. The molecule has 4 rings (SSSR count). The third-order valence-corrected chi connectivity index (χ3v) is 4.26. The predicted octanol–water partition coefficient (Wildman–Crippen LogP) is 0.473. The molecule has 6 nitrogen and oxygen atoms in total. The predicted molar refractivity (Wildman–Crippen MR) is 71.2 cm³/mol. The molecule has 3 heterocycles. The van der Waals surface area contributed by atoms with Crippen LogP contribution in [0, 0.1) is 0 Å². The highest BCUT2D eigenvalue weighted by Crippen LogP contribution is 2.35. The number of nitrogens with one attached hydrogen (secondary N) is 2. The summed E-state index contributed by atoms with van der Waals surface area (Å²) in [7, 11) is 0. The van der Waals surface area contributed by atoms with E-state index in [2.05, 4.69) is 25.5 Å². The van der Waals surface area contributed by atoms with Crippen molar-refractivity contribution in [2.75, 3.05) is 23.3 Å². The van der Waals surface area contributed by atoms with Gasteiger partial charge in [0.1, 0.15) is 5.82 Å². The van der Waals surface area contributed by atoms with Gasteiger partial charge in [-0.15, -0.1) is 0 Å². The summed E-state index contributed by atoms with van der Waals surface area (Å²) in [6.45, 7) is 3.95. The maximum Gasteiger partial charge on any atom is 0.227 e. The molecule has 1 aromatic rings. The van der Waals surface area contributed by atoms with E-state index in [1.165, 1.54) is 6.42 Å². The van der Waals surface area contributed by atoms with Crippen molar-refractivity contribution < 1.29 is 4.79 Å². The van der Waals surface area contributed by atoms with Crippen LogP contribution >= 0.6 is 0 Å². The van der Waals surface area contributed by atoms with Gasteiger partial charge in [-0.05, 0) is 12.3 Å². The first-order valence-corrected chi connectivity index (χ1v) is 6.89. The zero-order valence-electron chi connectivity index (χ0n) is 10.9. The van der Waals surface area contributed by atoms with E-state index in [4.69, 9.17) is 0 Å². The van der Waals surface area contributed by atoms with Gasteiger partial charge in [0.25, 0.3) is 0 Å². The van der Waals surface area contributed by atoms with Gasteiger partial charge in [-0.25, -0.2) is 4.98 Å². The lowest BCUT2D eigenvalue weighted by Gasteiger charge is -2.29. The van der Waals surface area contributed by atoms with Crippen molar-refractivity contribution in [1.82, 2.24) is 15.3 Å². The van der Waals surface area contributed by atoms with Crippen LogP contribution in [-0.2, 0) is 4.79 Å². The summed E-state index contributed by atoms with van der Waals surface area (Å²) in [5.74, 6) is 1.70. The van der Waals surface area contributed by atoms with E-state index < -0.39 is 0 Å². The molecular formula is C13H17N5O. The summed E-state index contributed by atoms with van der Waals surface area (Å²) in [4.78, 5) is 22.9. The Balaban J connectivity index is 1.67. The van der Waals surface area contributed by atoms with Gasteiger partial charge < -0.3 is 15.5 Å². The van der Waals surface area contributed by atoms with Gasteiger partial charge in [0.15, 0.2) is 0 Å². The molecule has 3 aliphatic rings. The molecule has 1 saturated carbocycles. The van der Waals surface area contributed by atoms with Gasteiger partial charge in [-0.2, -0.15) is 4.98 Å². The average Bonchev–Trinajstić information content (AvgIpc) is 3.16. The summed E-state index contributed by atoms with van der Waals surface area (Å²) in [5, 5.41) is 6.33. The quantitative estimate of drug-likeness (QED) is 0.767. The second-order valence-corrected chi connectivity index (χ2v) is 5.68. The Bertz CT molecular complexity index is 546. The van der Waals surface area contributed by atoms with Crippen molar-refractivity contribution in [3.8, 4) is 0 Å². The number of rotatable bonds is 1. The van der Waals surface area contributed by atoms with Crippen LogP contribution in [-0.4, -0.2) is 41.0 Å². The molecule has 2 aliphatic heterocycles. The Hall–Kier alpha value is -1.69. The normalized spacial score (nSPS) is 32.4. The van der Waals surface area contributed by atoms with Gasteiger partial charge in [0.05, 0.1) is 0 Å². The summed E-state index contributed by atoms with van der Waals surface area (Å²) in [6.07, 6.45) is 3.57. The number of fused-ring (bicyclic) bond motifs is 2. The molecule has 100 valence electrons. The number of hydrogen-bond donors (Lipinski definition) is 2. The fourth-order valence-corrected chi connectivity index (χ4v) is 3.08. The molecule has 2 fully saturated rings. The van der Waals surface area contributed by atoms with E-state index in [1.54, 1.807) is 0 Å². The van der Waals surface area contributed by atoms with Crippen LogP contribution in [0.1, 0.15) is 31.2 Å². The van der Waals surface area contributed by atoms with Gasteiger partial charge >= 0.3 is 0 Å². The lowest BCUT2D eigenvalue weighted by Crippen LogP contribution is -2.44. The molecule has 1 saturated heterocycles. The van der Waals surface area contributed by atoms with E-state index in [9.17, 15) is 4.79 Å². The van der Waals surface area contributed by atoms with Crippen LogP contribution in [0.5, 0.6) is 0 Å². The Labute approximate surface area is 111 Å². The van der Waals surface area contributed by atoms with E-state index >= 15 is 0 Å². The summed E-state index contributed by atoms with van der Waals surface area (Å²) in [5.41, 5.74) is 1.05. The zero-order valence-corrected chi connectivity index (χ0v) is 10.9. The second-order valence-electron chi connectivity index (χ2n) is 5.68. The minimum atomic E-state index is 0.0502. The fourth-order valence-electron chi connectivity index (χ4n) is 3.08. The van der Waals surface area contributed by atoms with Crippen molar-refractivity contribution in [2.24, 2.45) is 0 Å². The Morgan fingerprint density at radius 1 is 1.47 bits per heavy atom. The molecule has 3 atom stereocenters. The molecular weight excluding hydrogens is 242 g/mol. The first kappa shape index (κ1) is 11.2. The number of anilines is 2. The van der Waals surface area contributed by atoms with Gasteiger partial charge in [-0.3, -0.25) is 4.79 Å². The fraction of sp³-hybridized carbons (Fsp3) is 0.615. The molecule has 6 heteroatoms. The summed E-state index contributed by atoms with van der Waals surface area (Å²) in [6, 6.07) is 1.13. The first-order chi connectivity index (χ1) is 9.22. The van der Waals surface area contributed by atoms with E-state index in [0.29, 0.717) is 24.3 Å². The molecule has 0 aromatic carbocycles. The number of piperazine rings is 1. The highest BCUT2D eigenvalue weighted by Gasteiger charge is 2.45. The van der Waals surface area contributed by atoms with Crippen LogP contribution < -0.4 is 15.5 Å². The maximum atomic E-state index is 11.6. The molecule has 1 amide bonds. The van der Waals surface area contributed by atoms with E-state index in [0.717, 1.165) is 24.6 Å². The lowest BCUT2D eigenvalue weighted by molar-refractivity contribution is -0.116. The van der Waals surface area contributed by atoms with Crippen molar-refractivity contribution in [3.05, 3.63) is 11.8 Å². The molecule has 0 radical (unpaired) electrons. The van der Waals surface area contributed by atoms with Crippen LogP contribution in [0.2, 0.25) is 0 Å². The second kappa shape index (κ2) is 3.90. The van der Waals surface area contributed by atoms with Crippen LogP contribution in [0.4, 0.5) is 11.8 Å². The number of hydrogen-bond acceptors (Lipinski definition) is 5. The van der Waals surface area contributed by atoms with E-state index in [1.807, 2.05) is 13.1 Å². The first-order valence-electron chi connectivity index (χ1n) is 6.89. The monoisotopic (exact) mass is 259 g/mol. The standard InChI is InChI=1S/C13H17N5O/c1-7-4-11(19)16-12-8(7)6-15-13(17-12)18-3-2-14-9-5-10(9)18/h6-7,9-10,14H,2-5H2,1H3,(H,15,16,17,19)/t7-,9?,10?/m1/s1. The van der Waals surface area contributed by atoms with Crippen molar-refractivity contribution >= 4 is 17.7 Å². The molecule has 2 N–H and O–H groups in total. The summed E-state index contributed by atoms with van der Waals surface area (Å²) < 4.78 is 0. The number of carbonyl (C=O) groups excluding carboxylic acids is 1. The SMILES string of the molecule is C[C@@H]1CC(=O)Nc2nc(N3CCNC4CC43)ncc21.